The van der Waals surface area contributed by atoms with E-state index in [1.54, 1.807) is 0 Å². The predicted octanol–water partition coefficient (Wildman–Crippen LogP) is 4.70. The van der Waals surface area contributed by atoms with Crippen molar-refractivity contribution in [2.45, 2.75) is 6.92 Å². The molecule has 28 heavy (non-hydrogen) atoms. The maximum absolute atomic E-state index is 13.2. The second-order valence-corrected chi connectivity index (χ2v) is 7.15. The molecule has 0 bridgehead atoms. The number of carbonyl (C=O) groups excluding carboxylic acids is 1. The Morgan fingerprint density at radius 2 is 1.54 bits per heavy atom. The summed E-state index contributed by atoms with van der Waals surface area (Å²) < 4.78 is 0. The van der Waals surface area contributed by atoms with Gasteiger partial charge in [-0.2, -0.15) is 0 Å². The fraction of sp³-hybridized carbons (Fsp3) is 0.208. The Bertz CT molecular complexity index is 947. The Kier molecular flexibility index (Phi) is 5.29. The lowest BCUT2D eigenvalue weighted by Gasteiger charge is -2.36. The van der Waals surface area contributed by atoms with Crippen LogP contribution in [0, 0.1) is 6.92 Å². The van der Waals surface area contributed by atoms with Crippen molar-refractivity contribution in [2.24, 2.45) is 0 Å². The number of amides is 1. The lowest BCUT2D eigenvalue weighted by molar-refractivity contribution is 0.0748. The number of carbonyl (C=O) groups is 1. The molecule has 1 N–H and O–H groups in total. The Morgan fingerprint density at radius 3 is 2.29 bits per heavy atom. The lowest BCUT2D eigenvalue weighted by atomic mass is 10.1. The Hall–Kier alpha value is -3.27. The normalized spacial score (nSPS) is 14.0. The van der Waals surface area contributed by atoms with Crippen molar-refractivity contribution in [1.82, 2.24) is 4.90 Å². The second-order valence-electron chi connectivity index (χ2n) is 7.15. The summed E-state index contributed by atoms with van der Waals surface area (Å²) in [6, 6.07) is 26.2. The molecule has 0 saturated carbocycles. The van der Waals surface area contributed by atoms with E-state index in [2.05, 4.69) is 41.4 Å². The second kappa shape index (κ2) is 8.17. The largest absolute Gasteiger partial charge is 0.368 e. The van der Waals surface area contributed by atoms with Crippen LogP contribution in [0.5, 0.6) is 0 Å². The number of aryl methyl sites for hydroxylation is 1. The SMILES string of the molecule is Cc1cccc(N2CCN(C(=O)c3ccccc3Nc3ccccc3)CC2)c1. The van der Waals surface area contributed by atoms with Crippen LogP contribution >= 0.6 is 0 Å². The molecule has 0 atom stereocenters. The standard InChI is InChI=1S/C24H25N3O/c1-19-8-7-11-21(18-19)26-14-16-27(17-15-26)24(28)22-12-5-6-13-23(22)25-20-9-3-2-4-10-20/h2-13,18,25H,14-17H2,1H3. The molecule has 1 aliphatic heterocycles. The minimum Gasteiger partial charge on any atom is -0.368 e. The molecular weight excluding hydrogens is 346 g/mol. The Morgan fingerprint density at radius 1 is 0.821 bits per heavy atom. The summed E-state index contributed by atoms with van der Waals surface area (Å²) in [5.74, 6) is 0.0860. The van der Waals surface area contributed by atoms with Gasteiger partial charge < -0.3 is 15.1 Å². The van der Waals surface area contributed by atoms with Crippen molar-refractivity contribution in [1.29, 1.82) is 0 Å². The van der Waals surface area contributed by atoms with E-state index in [4.69, 9.17) is 0 Å². The van der Waals surface area contributed by atoms with Crippen LogP contribution in [0.25, 0.3) is 0 Å². The van der Waals surface area contributed by atoms with Crippen molar-refractivity contribution in [3.8, 4) is 0 Å². The number of piperazine rings is 1. The van der Waals surface area contributed by atoms with Gasteiger partial charge in [0.05, 0.1) is 11.3 Å². The first-order chi connectivity index (χ1) is 13.7. The minimum atomic E-state index is 0.0860. The van der Waals surface area contributed by atoms with Gasteiger partial charge >= 0.3 is 0 Å². The van der Waals surface area contributed by atoms with Gasteiger partial charge in [0.1, 0.15) is 0 Å². The van der Waals surface area contributed by atoms with Crippen LogP contribution in [0.2, 0.25) is 0 Å². The average molecular weight is 371 g/mol. The van der Waals surface area contributed by atoms with Crippen molar-refractivity contribution in [3.63, 3.8) is 0 Å². The number of hydrogen-bond donors (Lipinski definition) is 1. The molecule has 4 rings (SSSR count). The highest BCUT2D eigenvalue weighted by Gasteiger charge is 2.24. The summed E-state index contributed by atoms with van der Waals surface area (Å²) in [7, 11) is 0. The van der Waals surface area contributed by atoms with Crippen molar-refractivity contribution < 1.29 is 4.79 Å². The van der Waals surface area contributed by atoms with Crippen LogP contribution < -0.4 is 10.2 Å². The van der Waals surface area contributed by atoms with E-state index in [0.29, 0.717) is 0 Å². The van der Waals surface area contributed by atoms with Crippen molar-refractivity contribution in [2.75, 3.05) is 36.4 Å². The molecule has 0 radical (unpaired) electrons. The zero-order valence-electron chi connectivity index (χ0n) is 16.1. The number of anilines is 3. The molecule has 1 fully saturated rings. The molecule has 4 nitrogen and oxygen atoms in total. The molecule has 1 amide bonds. The molecular formula is C24H25N3O. The topological polar surface area (TPSA) is 35.6 Å². The van der Waals surface area contributed by atoms with Gasteiger partial charge in [0.15, 0.2) is 0 Å². The van der Waals surface area contributed by atoms with Gasteiger partial charge in [-0.05, 0) is 48.9 Å². The van der Waals surface area contributed by atoms with E-state index in [9.17, 15) is 4.79 Å². The van der Waals surface area contributed by atoms with Crippen LogP contribution in [0.4, 0.5) is 17.1 Å². The fourth-order valence-electron chi connectivity index (χ4n) is 3.62. The molecule has 3 aromatic rings. The Labute approximate surface area is 166 Å². The first kappa shape index (κ1) is 18.1. The summed E-state index contributed by atoms with van der Waals surface area (Å²) in [5, 5.41) is 3.38. The molecule has 1 heterocycles. The monoisotopic (exact) mass is 371 g/mol. The van der Waals surface area contributed by atoms with Crippen LogP contribution in [0.15, 0.2) is 78.9 Å². The van der Waals surface area contributed by atoms with Crippen molar-refractivity contribution in [3.05, 3.63) is 90.0 Å². The summed E-state index contributed by atoms with van der Waals surface area (Å²) >= 11 is 0. The van der Waals surface area contributed by atoms with Gasteiger partial charge in [0.25, 0.3) is 5.91 Å². The zero-order chi connectivity index (χ0) is 19.3. The first-order valence-electron chi connectivity index (χ1n) is 9.73. The third-order valence-corrected chi connectivity index (χ3v) is 5.14. The molecule has 0 unspecified atom stereocenters. The highest BCUT2D eigenvalue weighted by atomic mass is 16.2. The fourth-order valence-corrected chi connectivity index (χ4v) is 3.62. The van der Waals surface area contributed by atoms with E-state index in [1.807, 2.05) is 59.5 Å². The van der Waals surface area contributed by atoms with Gasteiger partial charge in [-0.1, -0.05) is 42.5 Å². The predicted molar refractivity (Wildman–Crippen MR) is 115 cm³/mol. The highest BCUT2D eigenvalue weighted by Crippen LogP contribution is 2.24. The van der Waals surface area contributed by atoms with Crippen LogP contribution in [0.1, 0.15) is 15.9 Å². The number of benzene rings is 3. The molecule has 0 aliphatic carbocycles. The summed E-state index contributed by atoms with van der Waals surface area (Å²) in [4.78, 5) is 17.5. The number of para-hydroxylation sites is 2. The molecule has 142 valence electrons. The van der Waals surface area contributed by atoms with Crippen LogP contribution in [-0.4, -0.2) is 37.0 Å². The van der Waals surface area contributed by atoms with Gasteiger partial charge in [-0.3, -0.25) is 4.79 Å². The molecule has 0 aromatic heterocycles. The highest BCUT2D eigenvalue weighted by molar-refractivity contribution is 6.00. The van der Waals surface area contributed by atoms with E-state index in [-0.39, 0.29) is 5.91 Å². The summed E-state index contributed by atoms with van der Waals surface area (Å²) in [6.07, 6.45) is 0. The van der Waals surface area contributed by atoms with E-state index < -0.39 is 0 Å². The van der Waals surface area contributed by atoms with E-state index >= 15 is 0 Å². The molecule has 1 saturated heterocycles. The van der Waals surface area contributed by atoms with Gasteiger partial charge in [-0.15, -0.1) is 0 Å². The van der Waals surface area contributed by atoms with Crippen LogP contribution in [-0.2, 0) is 0 Å². The quantitative estimate of drug-likeness (QED) is 0.722. The van der Waals surface area contributed by atoms with Crippen molar-refractivity contribution >= 4 is 23.0 Å². The maximum atomic E-state index is 13.2. The zero-order valence-corrected chi connectivity index (χ0v) is 16.1. The lowest BCUT2D eigenvalue weighted by Crippen LogP contribution is -2.48. The first-order valence-corrected chi connectivity index (χ1v) is 9.73. The minimum absolute atomic E-state index is 0.0860. The summed E-state index contributed by atoms with van der Waals surface area (Å²) in [6.45, 7) is 5.27. The molecule has 3 aromatic carbocycles. The summed E-state index contributed by atoms with van der Waals surface area (Å²) in [5.41, 5.74) is 5.04. The van der Waals surface area contributed by atoms with Gasteiger partial charge in [-0.25, -0.2) is 0 Å². The molecule has 1 aliphatic rings. The van der Waals surface area contributed by atoms with Gasteiger partial charge in [0.2, 0.25) is 0 Å². The number of nitrogens with one attached hydrogen (secondary N) is 1. The Balaban J connectivity index is 1.46. The number of nitrogens with zero attached hydrogens (tertiary/aromatic N) is 2. The van der Waals surface area contributed by atoms with Gasteiger partial charge in [0, 0.05) is 37.6 Å². The maximum Gasteiger partial charge on any atom is 0.256 e. The smallest absolute Gasteiger partial charge is 0.256 e. The molecule has 0 spiro atoms. The van der Waals surface area contributed by atoms with E-state index in [1.165, 1.54) is 11.3 Å². The molecule has 4 heteroatoms. The number of rotatable bonds is 4. The average Bonchev–Trinajstić information content (AvgIpc) is 2.74. The number of hydrogen-bond acceptors (Lipinski definition) is 3. The third kappa shape index (κ3) is 4.01. The van der Waals surface area contributed by atoms with Crippen LogP contribution in [0.3, 0.4) is 0 Å². The third-order valence-electron chi connectivity index (χ3n) is 5.14. The van der Waals surface area contributed by atoms with E-state index in [0.717, 1.165) is 43.1 Å².